The molecule has 2 rings (SSSR count). The highest BCUT2D eigenvalue weighted by molar-refractivity contribution is 5.53. The highest BCUT2D eigenvalue weighted by Crippen LogP contribution is 2.15. The van der Waals surface area contributed by atoms with E-state index in [0.29, 0.717) is 18.9 Å². The molecule has 0 atom stereocenters. The third-order valence-electron chi connectivity index (χ3n) is 1.98. The van der Waals surface area contributed by atoms with E-state index >= 15 is 0 Å². The predicted molar refractivity (Wildman–Crippen MR) is 52.3 cm³/mol. The Bertz CT molecular complexity index is 436. The Balaban J connectivity index is 2.36. The van der Waals surface area contributed by atoms with E-state index in [-0.39, 0.29) is 5.82 Å². The van der Waals surface area contributed by atoms with E-state index in [0.717, 1.165) is 5.56 Å². The van der Waals surface area contributed by atoms with E-state index in [4.69, 9.17) is 5.73 Å². The standard InChI is InChI=1S/C9H10FN5/c10-8-3-1-7(2-4-8)9-12-13-14-15(9)6-5-11/h1-4H,5-6,11H2. The van der Waals surface area contributed by atoms with Gasteiger partial charge in [-0.25, -0.2) is 9.07 Å². The molecule has 0 amide bonds. The van der Waals surface area contributed by atoms with Gasteiger partial charge < -0.3 is 5.73 Å². The van der Waals surface area contributed by atoms with Crippen LogP contribution in [-0.4, -0.2) is 26.8 Å². The summed E-state index contributed by atoms with van der Waals surface area (Å²) in [6, 6.07) is 6.01. The van der Waals surface area contributed by atoms with Gasteiger partial charge in [0, 0.05) is 12.1 Å². The topological polar surface area (TPSA) is 69.6 Å². The minimum atomic E-state index is -0.281. The number of benzene rings is 1. The lowest BCUT2D eigenvalue weighted by molar-refractivity contribution is 0.602. The van der Waals surface area contributed by atoms with Crippen molar-refractivity contribution in [1.82, 2.24) is 20.2 Å². The molecular weight excluding hydrogens is 197 g/mol. The molecule has 78 valence electrons. The van der Waals surface area contributed by atoms with Crippen molar-refractivity contribution in [2.24, 2.45) is 5.73 Å². The fraction of sp³-hybridized carbons (Fsp3) is 0.222. The highest BCUT2D eigenvalue weighted by atomic mass is 19.1. The van der Waals surface area contributed by atoms with Gasteiger partial charge in [0.05, 0.1) is 6.54 Å². The molecule has 2 N–H and O–H groups in total. The molecule has 6 heteroatoms. The molecule has 0 spiro atoms. The zero-order valence-electron chi connectivity index (χ0n) is 7.97. The summed E-state index contributed by atoms with van der Waals surface area (Å²) in [5.74, 6) is 0.317. The number of hydrogen-bond acceptors (Lipinski definition) is 4. The molecule has 0 aliphatic rings. The Labute approximate surface area is 85.7 Å². The van der Waals surface area contributed by atoms with Gasteiger partial charge in [-0.15, -0.1) is 5.10 Å². The van der Waals surface area contributed by atoms with E-state index in [9.17, 15) is 4.39 Å². The molecule has 1 heterocycles. The summed E-state index contributed by atoms with van der Waals surface area (Å²) in [4.78, 5) is 0. The second kappa shape index (κ2) is 4.14. The molecule has 1 aromatic heterocycles. The van der Waals surface area contributed by atoms with E-state index < -0.39 is 0 Å². The van der Waals surface area contributed by atoms with Crippen LogP contribution in [0.5, 0.6) is 0 Å². The van der Waals surface area contributed by atoms with Crippen LogP contribution in [0.15, 0.2) is 24.3 Å². The monoisotopic (exact) mass is 207 g/mol. The summed E-state index contributed by atoms with van der Waals surface area (Å²) in [5, 5.41) is 11.2. The fourth-order valence-corrected chi connectivity index (χ4v) is 1.28. The molecule has 0 bridgehead atoms. The summed E-state index contributed by atoms with van der Waals surface area (Å²) >= 11 is 0. The average molecular weight is 207 g/mol. The predicted octanol–water partition coefficient (Wildman–Crippen LogP) is 0.438. The smallest absolute Gasteiger partial charge is 0.182 e. The minimum Gasteiger partial charge on any atom is -0.329 e. The molecule has 1 aromatic carbocycles. The molecule has 0 fully saturated rings. The summed E-state index contributed by atoms with van der Waals surface area (Å²) < 4.78 is 14.3. The molecule has 2 aromatic rings. The first kappa shape index (κ1) is 9.72. The lowest BCUT2D eigenvalue weighted by atomic mass is 10.2. The number of halogens is 1. The molecule has 0 saturated carbocycles. The van der Waals surface area contributed by atoms with Gasteiger partial charge >= 0.3 is 0 Å². The number of aromatic nitrogens is 4. The number of nitrogens with two attached hydrogens (primary N) is 1. The SMILES string of the molecule is NCCn1nnnc1-c1ccc(F)cc1. The van der Waals surface area contributed by atoms with Gasteiger partial charge in [0.2, 0.25) is 0 Å². The van der Waals surface area contributed by atoms with Gasteiger partial charge in [0.15, 0.2) is 5.82 Å². The van der Waals surface area contributed by atoms with E-state index in [1.807, 2.05) is 0 Å². The van der Waals surface area contributed by atoms with Gasteiger partial charge in [-0.05, 0) is 34.7 Å². The van der Waals surface area contributed by atoms with Crippen molar-refractivity contribution in [3.63, 3.8) is 0 Å². The van der Waals surface area contributed by atoms with Crippen molar-refractivity contribution < 1.29 is 4.39 Å². The minimum absolute atomic E-state index is 0.281. The second-order valence-electron chi connectivity index (χ2n) is 3.02. The van der Waals surface area contributed by atoms with Crippen LogP contribution in [0.25, 0.3) is 11.4 Å². The van der Waals surface area contributed by atoms with Crippen LogP contribution < -0.4 is 5.73 Å². The van der Waals surface area contributed by atoms with Crippen LogP contribution in [0.4, 0.5) is 4.39 Å². The van der Waals surface area contributed by atoms with Crippen LogP contribution in [0.1, 0.15) is 0 Å². The maximum atomic E-state index is 12.7. The third-order valence-corrected chi connectivity index (χ3v) is 1.98. The maximum Gasteiger partial charge on any atom is 0.182 e. The quantitative estimate of drug-likeness (QED) is 0.792. The van der Waals surface area contributed by atoms with Crippen LogP contribution in [-0.2, 0) is 6.54 Å². The van der Waals surface area contributed by atoms with Gasteiger partial charge in [-0.1, -0.05) is 0 Å². The number of rotatable bonds is 3. The second-order valence-corrected chi connectivity index (χ2v) is 3.02. The van der Waals surface area contributed by atoms with Gasteiger partial charge in [-0.3, -0.25) is 0 Å². The molecule has 0 unspecified atom stereocenters. The largest absolute Gasteiger partial charge is 0.329 e. The Morgan fingerprint density at radius 1 is 1.27 bits per heavy atom. The number of tetrazole rings is 1. The number of hydrogen-bond donors (Lipinski definition) is 1. The van der Waals surface area contributed by atoms with Crippen molar-refractivity contribution in [2.45, 2.75) is 6.54 Å². The third kappa shape index (κ3) is 1.99. The van der Waals surface area contributed by atoms with E-state index in [1.54, 1.807) is 16.8 Å². The van der Waals surface area contributed by atoms with Crippen molar-refractivity contribution in [2.75, 3.05) is 6.54 Å². The van der Waals surface area contributed by atoms with Crippen LogP contribution in [0.3, 0.4) is 0 Å². The van der Waals surface area contributed by atoms with Crippen molar-refractivity contribution in [3.05, 3.63) is 30.1 Å². The van der Waals surface area contributed by atoms with Crippen LogP contribution >= 0.6 is 0 Å². The van der Waals surface area contributed by atoms with E-state index in [2.05, 4.69) is 15.5 Å². The molecule has 5 nitrogen and oxygen atoms in total. The van der Waals surface area contributed by atoms with E-state index in [1.165, 1.54) is 12.1 Å². The Kier molecular flexibility index (Phi) is 2.68. The molecule has 0 aliphatic carbocycles. The Morgan fingerprint density at radius 3 is 2.67 bits per heavy atom. The molecule has 0 radical (unpaired) electrons. The number of nitrogens with zero attached hydrogens (tertiary/aromatic N) is 4. The zero-order chi connectivity index (χ0) is 10.7. The zero-order valence-corrected chi connectivity index (χ0v) is 7.97. The summed E-state index contributed by atoms with van der Waals surface area (Å²) in [6.45, 7) is 0.999. The maximum absolute atomic E-state index is 12.7. The summed E-state index contributed by atoms with van der Waals surface area (Å²) in [6.07, 6.45) is 0. The Morgan fingerprint density at radius 2 is 2.00 bits per heavy atom. The summed E-state index contributed by atoms with van der Waals surface area (Å²) in [5.41, 5.74) is 6.19. The lowest BCUT2D eigenvalue weighted by Crippen LogP contribution is -2.12. The molecule has 0 saturated heterocycles. The highest BCUT2D eigenvalue weighted by Gasteiger charge is 2.07. The first-order valence-electron chi connectivity index (χ1n) is 4.53. The summed E-state index contributed by atoms with van der Waals surface area (Å²) in [7, 11) is 0. The Hall–Kier alpha value is -1.82. The first-order valence-corrected chi connectivity index (χ1v) is 4.53. The molecule has 0 aliphatic heterocycles. The van der Waals surface area contributed by atoms with Crippen molar-refractivity contribution in [1.29, 1.82) is 0 Å². The van der Waals surface area contributed by atoms with Crippen LogP contribution in [0.2, 0.25) is 0 Å². The van der Waals surface area contributed by atoms with Gasteiger partial charge in [0.25, 0.3) is 0 Å². The van der Waals surface area contributed by atoms with Crippen molar-refractivity contribution in [3.8, 4) is 11.4 Å². The van der Waals surface area contributed by atoms with Crippen LogP contribution in [0, 0.1) is 5.82 Å². The van der Waals surface area contributed by atoms with Gasteiger partial charge in [0.1, 0.15) is 5.82 Å². The van der Waals surface area contributed by atoms with Crippen molar-refractivity contribution >= 4 is 0 Å². The first-order chi connectivity index (χ1) is 7.31. The normalized spacial score (nSPS) is 10.5. The fourth-order valence-electron chi connectivity index (χ4n) is 1.28. The average Bonchev–Trinajstić information content (AvgIpc) is 2.68. The lowest BCUT2D eigenvalue weighted by Gasteiger charge is -2.01. The molecule has 15 heavy (non-hydrogen) atoms. The molecular formula is C9H10FN5. The van der Waals surface area contributed by atoms with Gasteiger partial charge in [-0.2, -0.15) is 0 Å².